The van der Waals surface area contributed by atoms with Gasteiger partial charge in [-0.15, -0.1) is 0 Å². The molecule has 0 heterocycles. The summed E-state index contributed by atoms with van der Waals surface area (Å²) in [6.45, 7) is 2.42. The van der Waals surface area contributed by atoms with Crippen LogP contribution in [0.3, 0.4) is 0 Å². The molecule has 0 aromatic heterocycles. The molecular formula is C18H18N2O2. The van der Waals surface area contributed by atoms with E-state index >= 15 is 0 Å². The standard InChI is InChI=1S/C18H18N2O2/c1-2-19-18(22)15-9-6-10-16(13-15)20-17(21)12-11-14-7-4-3-5-8-14/h3-13H,2H2,1H3,(H,19,22)(H,20,21)/b12-11+. The highest BCUT2D eigenvalue weighted by Crippen LogP contribution is 2.11. The van der Waals surface area contributed by atoms with Crippen molar-refractivity contribution in [3.05, 3.63) is 71.8 Å². The molecule has 112 valence electrons. The second-order valence-electron chi connectivity index (χ2n) is 4.67. The predicted molar refractivity (Wildman–Crippen MR) is 88.6 cm³/mol. The number of rotatable bonds is 5. The van der Waals surface area contributed by atoms with Crippen LogP contribution in [-0.2, 0) is 4.79 Å². The maximum Gasteiger partial charge on any atom is 0.251 e. The normalized spacial score (nSPS) is 10.4. The number of carbonyl (C=O) groups excluding carboxylic acids is 2. The van der Waals surface area contributed by atoms with E-state index in [1.165, 1.54) is 6.08 Å². The summed E-state index contributed by atoms with van der Waals surface area (Å²) in [5.41, 5.74) is 2.06. The van der Waals surface area contributed by atoms with E-state index in [1.54, 1.807) is 30.3 Å². The van der Waals surface area contributed by atoms with Crippen LogP contribution >= 0.6 is 0 Å². The first-order valence-electron chi connectivity index (χ1n) is 7.11. The molecule has 2 N–H and O–H groups in total. The molecule has 0 aliphatic carbocycles. The fraction of sp³-hybridized carbons (Fsp3) is 0.111. The minimum Gasteiger partial charge on any atom is -0.352 e. The minimum atomic E-state index is -0.239. The maximum absolute atomic E-state index is 11.9. The molecule has 0 radical (unpaired) electrons. The van der Waals surface area contributed by atoms with Crippen LogP contribution in [0.2, 0.25) is 0 Å². The van der Waals surface area contributed by atoms with Crippen molar-refractivity contribution in [2.45, 2.75) is 6.92 Å². The molecule has 2 amide bonds. The van der Waals surface area contributed by atoms with Gasteiger partial charge in [-0.1, -0.05) is 36.4 Å². The summed E-state index contributed by atoms with van der Waals surface area (Å²) in [5.74, 6) is -0.393. The third kappa shape index (κ3) is 4.59. The first-order chi connectivity index (χ1) is 10.7. The molecule has 2 aromatic rings. The SMILES string of the molecule is CCNC(=O)c1cccc(NC(=O)/C=C/c2ccccc2)c1. The Morgan fingerprint density at radius 3 is 2.55 bits per heavy atom. The van der Waals surface area contributed by atoms with E-state index in [2.05, 4.69) is 10.6 Å². The summed E-state index contributed by atoms with van der Waals surface area (Å²) in [5, 5.41) is 5.47. The molecule has 0 aliphatic heterocycles. The van der Waals surface area contributed by atoms with Crippen LogP contribution in [0.5, 0.6) is 0 Å². The third-order valence-electron chi connectivity index (χ3n) is 2.96. The third-order valence-corrected chi connectivity index (χ3v) is 2.96. The van der Waals surface area contributed by atoms with E-state index in [0.717, 1.165) is 5.56 Å². The number of hydrogen-bond donors (Lipinski definition) is 2. The molecule has 0 bridgehead atoms. The van der Waals surface area contributed by atoms with E-state index in [-0.39, 0.29) is 11.8 Å². The molecule has 0 saturated heterocycles. The number of anilines is 1. The molecule has 4 heteroatoms. The molecule has 0 aliphatic rings. The minimum absolute atomic E-state index is 0.154. The van der Waals surface area contributed by atoms with Crippen LogP contribution in [0.25, 0.3) is 6.08 Å². The van der Waals surface area contributed by atoms with Crippen molar-refractivity contribution < 1.29 is 9.59 Å². The van der Waals surface area contributed by atoms with Crippen LogP contribution in [0.1, 0.15) is 22.8 Å². The van der Waals surface area contributed by atoms with Gasteiger partial charge >= 0.3 is 0 Å². The molecule has 0 atom stereocenters. The van der Waals surface area contributed by atoms with Gasteiger partial charge in [-0.25, -0.2) is 0 Å². The summed E-state index contributed by atoms with van der Waals surface area (Å²) in [6, 6.07) is 16.4. The fourth-order valence-electron chi connectivity index (χ4n) is 1.92. The van der Waals surface area contributed by atoms with Crippen LogP contribution in [0.4, 0.5) is 5.69 Å². The van der Waals surface area contributed by atoms with Gasteiger partial charge in [0.05, 0.1) is 0 Å². The predicted octanol–water partition coefficient (Wildman–Crippen LogP) is 3.09. The largest absolute Gasteiger partial charge is 0.352 e. The van der Waals surface area contributed by atoms with Gasteiger partial charge in [0.1, 0.15) is 0 Å². The summed E-state index contributed by atoms with van der Waals surface area (Å²) < 4.78 is 0. The monoisotopic (exact) mass is 294 g/mol. The van der Waals surface area contributed by atoms with Gasteiger partial charge in [-0.3, -0.25) is 9.59 Å². The first-order valence-corrected chi connectivity index (χ1v) is 7.11. The number of amides is 2. The molecule has 0 saturated carbocycles. The summed E-state index contributed by atoms with van der Waals surface area (Å²) in [7, 11) is 0. The van der Waals surface area contributed by atoms with Crippen molar-refractivity contribution >= 4 is 23.6 Å². The number of hydrogen-bond acceptors (Lipinski definition) is 2. The highest BCUT2D eigenvalue weighted by atomic mass is 16.2. The van der Waals surface area contributed by atoms with E-state index in [1.807, 2.05) is 37.3 Å². The van der Waals surface area contributed by atoms with Gasteiger partial charge in [0.25, 0.3) is 5.91 Å². The Bertz CT molecular complexity index is 678. The van der Waals surface area contributed by atoms with Crippen molar-refractivity contribution in [2.75, 3.05) is 11.9 Å². The average Bonchev–Trinajstić information content (AvgIpc) is 2.54. The molecule has 0 spiro atoms. The Balaban J connectivity index is 2.01. The molecular weight excluding hydrogens is 276 g/mol. The Labute approximate surface area is 129 Å². The smallest absolute Gasteiger partial charge is 0.251 e. The van der Waals surface area contributed by atoms with Crippen molar-refractivity contribution in [1.29, 1.82) is 0 Å². The van der Waals surface area contributed by atoms with Gasteiger partial charge in [-0.2, -0.15) is 0 Å². The topological polar surface area (TPSA) is 58.2 Å². The lowest BCUT2D eigenvalue weighted by Crippen LogP contribution is -2.22. The van der Waals surface area contributed by atoms with E-state index < -0.39 is 0 Å². The summed E-state index contributed by atoms with van der Waals surface area (Å²) in [6.07, 6.45) is 3.21. The van der Waals surface area contributed by atoms with Gasteiger partial charge in [-0.05, 0) is 36.8 Å². The van der Waals surface area contributed by atoms with Gasteiger partial charge < -0.3 is 10.6 Å². The second kappa shape index (κ2) is 7.78. The molecule has 0 unspecified atom stereocenters. The van der Waals surface area contributed by atoms with E-state index in [9.17, 15) is 9.59 Å². The number of carbonyl (C=O) groups is 2. The number of benzene rings is 2. The molecule has 0 fully saturated rings. The molecule has 2 aromatic carbocycles. The Hall–Kier alpha value is -2.88. The number of nitrogens with one attached hydrogen (secondary N) is 2. The van der Waals surface area contributed by atoms with Crippen LogP contribution in [0, 0.1) is 0 Å². The Kier molecular flexibility index (Phi) is 5.49. The summed E-state index contributed by atoms with van der Waals surface area (Å²) >= 11 is 0. The molecule has 4 nitrogen and oxygen atoms in total. The fourth-order valence-corrected chi connectivity index (χ4v) is 1.92. The van der Waals surface area contributed by atoms with Crippen molar-refractivity contribution in [3.63, 3.8) is 0 Å². The lowest BCUT2D eigenvalue weighted by molar-refractivity contribution is -0.111. The summed E-state index contributed by atoms with van der Waals surface area (Å²) in [4.78, 5) is 23.6. The van der Waals surface area contributed by atoms with E-state index in [0.29, 0.717) is 17.8 Å². The first kappa shape index (κ1) is 15.5. The molecule has 2 rings (SSSR count). The van der Waals surface area contributed by atoms with Crippen LogP contribution in [-0.4, -0.2) is 18.4 Å². The quantitative estimate of drug-likeness (QED) is 0.833. The Morgan fingerprint density at radius 2 is 1.82 bits per heavy atom. The second-order valence-corrected chi connectivity index (χ2v) is 4.67. The highest BCUT2D eigenvalue weighted by Gasteiger charge is 2.05. The van der Waals surface area contributed by atoms with Gasteiger partial charge in [0, 0.05) is 23.9 Å². The van der Waals surface area contributed by atoms with Crippen molar-refractivity contribution in [3.8, 4) is 0 Å². The average molecular weight is 294 g/mol. The Morgan fingerprint density at radius 1 is 1.05 bits per heavy atom. The lowest BCUT2D eigenvalue weighted by atomic mass is 10.2. The maximum atomic E-state index is 11.9. The van der Waals surface area contributed by atoms with Gasteiger partial charge in [0.2, 0.25) is 5.91 Å². The zero-order chi connectivity index (χ0) is 15.8. The molecule has 22 heavy (non-hydrogen) atoms. The zero-order valence-electron chi connectivity index (χ0n) is 12.4. The zero-order valence-corrected chi connectivity index (χ0v) is 12.4. The highest BCUT2D eigenvalue weighted by molar-refractivity contribution is 6.03. The van der Waals surface area contributed by atoms with Crippen LogP contribution < -0.4 is 10.6 Å². The van der Waals surface area contributed by atoms with E-state index in [4.69, 9.17) is 0 Å². The van der Waals surface area contributed by atoms with Crippen molar-refractivity contribution in [2.24, 2.45) is 0 Å². The van der Waals surface area contributed by atoms with Crippen LogP contribution in [0.15, 0.2) is 60.7 Å². The lowest BCUT2D eigenvalue weighted by Gasteiger charge is -2.06. The van der Waals surface area contributed by atoms with Crippen molar-refractivity contribution in [1.82, 2.24) is 5.32 Å². The van der Waals surface area contributed by atoms with Gasteiger partial charge in [0.15, 0.2) is 0 Å².